The third-order valence-corrected chi connectivity index (χ3v) is 5.18. The Labute approximate surface area is 143 Å². The van der Waals surface area contributed by atoms with Crippen molar-refractivity contribution in [1.82, 2.24) is 20.1 Å². The molecule has 2 fully saturated rings. The fourth-order valence-electron chi connectivity index (χ4n) is 3.73. The summed E-state index contributed by atoms with van der Waals surface area (Å²) in [4.78, 5) is 22.0. The lowest BCUT2D eigenvalue weighted by Gasteiger charge is -2.42. The molecule has 2 N–H and O–H groups in total. The Balaban J connectivity index is 1.86. The molecule has 0 radical (unpaired) electrons. The van der Waals surface area contributed by atoms with E-state index in [9.17, 15) is 9.90 Å². The first-order valence-corrected chi connectivity index (χ1v) is 9.05. The Bertz CT molecular complexity index is 531. The number of carbonyl (C=O) groups is 1. The average molecular weight is 332 g/mol. The van der Waals surface area contributed by atoms with Crippen molar-refractivity contribution in [2.24, 2.45) is 0 Å². The molecule has 0 spiro atoms. The number of hydrogen-bond acceptors (Lipinski definition) is 5. The number of hydrogen-bond donors (Lipinski definition) is 2. The molecule has 3 heterocycles. The smallest absolute Gasteiger partial charge is 0.246 e. The number of likely N-dealkylation sites (tertiary alicyclic amines) is 1. The van der Waals surface area contributed by atoms with Gasteiger partial charge in [0, 0.05) is 45.0 Å². The fourth-order valence-corrected chi connectivity index (χ4v) is 3.73. The number of rotatable bonds is 4. The molecule has 0 aliphatic carbocycles. The second-order valence-corrected chi connectivity index (χ2v) is 6.72. The van der Waals surface area contributed by atoms with Crippen molar-refractivity contribution >= 4 is 5.91 Å². The number of nitrogens with one attached hydrogen (secondary N) is 1. The number of carbonyl (C=O) groups excluding carboxylic acids is 1. The van der Waals surface area contributed by atoms with Gasteiger partial charge in [0.1, 0.15) is 6.04 Å². The normalized spacial score (nSPS) is 24.8. The number of amides is 1. The number of nitrogens with zero attached hydrogens (tertiary/aromatic N) is 3. The number of aliphatic hydroxyl groups is 1. The zero-order valence-electron chi connectivity index (χ0n) is 14.4. The van der Waals surface area contributed by atoms with E-state index in [1.54, 1.807) is 6.20 Å². The Morgan fingerprint density at radius 2 is 2.17 bits per heavy atom. The topological polar surface area (TPSA) is 68.7 Å². The van der Waals surface area contributed by atoms with E-state index in [1.165, 1.54) is 0 Å². The molecule has 1 amide bonds. The molecule has 0 bridgehead atoms. The van der Waals surface area contributed by atoms with E-state index in [2.05, 4.69) is 22.1 Å². The lowest BCUT2D eigenvalue weighted by molar-refractivity contribution is -0.141. The monoisotopic (exact) mass is 332 g/mol. The highest BCUT2D eigenvalue weighted by Gasteiger charge is 2.37. The van der Waals surface area contributed by atoms with Crippen molar-refractivity contribution in [2.75, 3.05) is 32.7 Å². The minimum Gasteiger partial charge on any atom is -0.393 e. The maximum atomic E-state index is 13.3. The second kappa shape index (κ2) is 8.05. The summed E-state index contributed by atoms with van der Waals surface area (Å²) in [6.07, 6.45) is 3.82. The molecule has 24 heavy (non-hydrogen) atoms. The highest BCUT2D eigenvalue weighted by molar-refractivity contribution is 5.83. The van der Waals surface area contributed by atoms with Crippen molar-refractivity contribution in [1.29, 1.82) is 0 Å². The number of aliphatic hydroxyl groups excluding tert-OH is 1. The molecule has 6 nitrogen and oxygen atoms in total. The van der Waals surface area contributed by atoms with Crippen LogP contribution < -0.4 is 5.32 Å². The molecule has 2 unspecified atom stereocenters. The first kappa shape index (κ1) is 17.3. The summed E-state index contributed by atoms with van der Waals surface area (Å²) in [6.45, 7) is 6.08. The van der Waals surface area contributed by atoms with Gasteiger partial charge in [0.15, 0.2) is 0 Å². The molecular formula is C18H28N4O2. The van der Waals surface area contributed by atoms with Crippen molar-refractivity contribution in [3.8, 4) is 0 Å². The molecule has 2 aliphatic heterocycles. The summed E-state index contributed by atoms with van der Waals surface area (Å²) in [5, 5.41) is 13.2. The van der Waals surface area contributed by atoms with Gasteiger partial charge in [-0.25, -0.2) is 0 Å². The molecule has 132 valence electrons. The van der Waals surface area contributed by atoms with Crippen LogP contribution in [-0.4, -0.2) is 70.7 Å². The lowest BCUT2D eigenvalue weighted by atomic mass is 10.0. The summed E-state index contributed by atoms with van der Waals surface area (Å²) in [7, 11) is 0. The number of piperidine rings is 1. The highest BCUT2D eigenvalue weighted by atomic mass is 16.3. The molecule has 2 atom stereocenters. The maximum Gasteiger partial charge on any atom is 0.246 e. The summed E-state index contributed by atoms with van der Waals surface area (Å²) in [5.74, 6) is 0.126. The SMILES string of the molecule is CCC1CNCCN1C(C(=O)N1CCC(O)CC1)c1ccccn1. The second-order valence-electron chi connectivity index (χ2n) is 6.72. The van der Waals surface area contributed by atoms with Crippen molar-refractivity contribution in [2.45, 2.75) is 44.4 Å². The summed E-state index contributed by atoms with van der Waals surface area (Å²) in [6, 6.07) is 5.80. The van der Waals surface area contributed by atoms with Crippen LogP contribution in [0.1, 0.15) is 37.9 Å². The van der Waals surface area contributed by atoms with Crippen LogP contribution in [0.5, 0.6) is 0 Å². The van der Waals surface area contributed by atoms with E-state index in [0.717, 1.165) is 31.7 Å². The first-order valence-electron chi connectivity index (χ1n) is 9.05. The van der Waals surface area contributed by atoms with Crippen LogP contribution in [0.3, 0.4) is 0 Å². The van der Waals surface area contributed by atoms with E-state index in [1.807, 2.05) is 23.1 Å². The molecule has 2 aliphatic rings. The Morgan fingerprint density at radius 3 is 2.83 bits per heavy atom. The van der Waals surface area contributed by atoms with Gasteiger partial charge < -0.3 is 15.3 Å². The van der Waals surface area contributed by atoms with E-state index in [0.29, 0.717) is 32.0 Å². The largest absolute Gasteiger partial charge is 0.393 e. The van der Waals surface area contributed by atoms with Crippen LogP contribution in [0.4, 0.5) is 0 Å². The van der Waals surface area contributed by atoms with Crippen LogP contribution in [0, 0.1) is 0 Å². The quantitative estimate of drug-likeness (QED) is 0.853. The number of pyridine rings is 1. The van der Waals surface area contributed by atoms with Crippen LogP contribution in [0.2, 0.25) is 0 Å². The Hall–Kier alpha value is -1.50. The fraction of sp³-hybridized carbons (Fsp3) is 0.667. The molecule has 0 saturated carbocycles. The summed E-state index contributed by atoms with van der Waals surface area (Å²) < 4.78 is 0. The van der Waals surface area contributed by atoms with Gasteiger partial charge in [-0.05, 0) is 31.4 Å². The van der Waals surface area contributed by atoms with Gasteiger partial charge >= 0.3 is 0 Å². The van der Waals surface area contributed by atoms with Gasteiger partial charge in [0.25, 0.3) is 0 Å². The van der Waals surface area contributed by atoms with E-state index < -0.39 is 0 Å². The van der Waals surface area contributed by atoms with E-state index >= 15 is 0 Å². The predicted molar refractivity (Wildman–Crippen MR) is 92.5 cm³/mol. The minimum absolute atomic E-state index is 0.126. The van der Waals surface area contributed by atoms with E-state index in [4.69, 9.17) is 0 Å². The Morgan fingerprint density at radius 1 is 1.38 bits per heavy atom. The lowest BCUT2D eigenvalue weighted by Crippen LogP contribution is -2.56. The van der Waals surface area contributed by atoms with Crippen molar-refractivity contribution < 1.29 is 9.90 Å². The third-order valence-electron chi connectivity index (χ3n) is 5.18. The molecular weight excluding hydrogens is 304 g/mol. The van der Waals surface area contributed by atoms with Gasteiger partial charge in [-0.3, -0.25) is 14.7 Å². The molecule has 2 saturated heterocycles. The van der Waals surface area contributed by atoms with Gasteiger partial charge in [0.2, 0.25) is 5.91 Å². The van der Waals surface area contributed by atoms with Crippen LogP contribution >= 0.6 is 0 Å². The third kappa shape index (κ3) is 3.77. The zero-order chi connectivity index (χ0) is 16.9. The highest BCUT2D eigenvalue weighted by Crippen LogP contribution is 2.27. The minimum atomic E-state index is -0.325. The predicted octanol–water partition coefficient (Wildman–Crippen LogP) is 0.790. The van der Waals surface area contributed by atoms with Gasteiger partial charge in [-0.1, -0.05) is 13.0 Å². The maximum absolute atomic E-state index is 13.3. The van der Waals surface area contributed by atoms with Gasteiger partial charge in [-0.15, -0.1) is 0 Å². The van der Waals surface area contributed by atoms with Gasteiger partial charge in [0.05, 0.1) is 11.8 Å². The average Bonchev–Trinajstić information content (AvgIpc) is 2.64. The molecule has 1 aromatic heterocycles. The van der Waals surface area contributed by atoms with Crippen LogP contribution in [0.15, 0.2) is 24.4 Å². The first-order chi connectivity index (χ1) is 11.7. The standard InChI is InChI=1S/C18H28N4O2/c1-2-14-13-19-9-12-22(14)17(16-5-3-4-8-20-16)18(24)21-10-6-15(23)7-11-21/h3-5,8,14-15,17,19,23H,2,6-7,9-13H2,1H3. The molecule has 0 aromatic carbocycles. The van der Waals surface area contributed by atoms with Crippen molar-refractivity contribution in [3.63, 3.8) is 0 Å². The molecule has 6 heteroatoms. The molecule has 1 aromatic rings. The Kier molecular flexibility index (Phi) is 5.81. The molecule has 3 rings (SSSR count). The van der Waals surface area contributed by atoms with Crippen LogP contribution in [-0.2, 0) is 4.79 Å². The van der Waals surface area contributed by atoms with Crippen LogP contribution in [0.25, 0.3) is 0 Å². The summed E-state index contributed by atoms with van der Waals surface area (Å²) in [5.41, 5.74) is 0.828. The van der Waals surface area contributed by atoms with Gasteiger partial charge in [-0.2, -0.15) is 0 Å². The zero-order valence-corrected chi connectivity index (χ0v) is 14.4. The van der Waals surface area contributed by atoms with E-state index in [-0.39, 0.29) is 18.1 Å². The summed E-state index contributed by atoms with van der Waals surface area (Å²) >= 11 is 0. The number of aromatic nitrogens is 1. The number of piperazine rings is 1. The van der Waals surface area contributed by atoms with Crippen molar-refractivity contribution in [3.05, 3.63) is 30.1 Å².